The van der Waals surface area contributed by atoms with Gasteiger partial charge in [-0.05, 0) is 25.3 Å². The van der Waals surface area contributed by atoms with E-state index < -0.39 is 0 Å². The third kappa shape index (κ3) is 3.06. The first-order chi connectivity index (χ1) is 7.75. The van der Waals surface area contributed by atoms with Crippen LogP contribution in [0.3, 0.4) is 0 Å². The van der Waals surface area contributed by atoms with E-state index in [-0.39, 0.29) is 6.10 Å². The Balaban J connectivity index is 1.67. The minimum atomic E-state index is -0.0927. The molecule has 1 aromatic heterocycles. The van der Waals surface area contributed by atoms with Gasteiger partial charge in [-0.15, -0.1) is 0 Å². The van der Waals surface area contributed by atoms with Crippen molar-refractivity contribution in [1.82, 2.24) is 14.5 Å². The van der Waals surface area contributed by atoms with Crippen molar-refractivity contribution >= 4 is 0 Å². The van der Waals surface area contributed by atoms with Crippen molar-refractivity contribution in [2.75, 3.05) is 19.6 Å². The molecule has 0 aromatic carbocycles. The molecule has 16 heavy (non-hydrogen) atoms. The smallest absolute Gasteiger partial charge is 0.0945 e. The number of nitrogens with zero attached hydrogens (tertiary/aromatic N) is 3. The topological polar surface area (TPSA) is 41.3 Å². The van der Waals surface area contributed by atoms with E-state index in [0.717, 1.165) is 39.0 Å². The van der Waals surface area contributed by atoms with E-state index in [1.807, 2.05) is 18.7 Å². The zero-order valence-corrected chi connectivity index (χ0v) is 9.92. The van der Waals surface area contributed by atoms with Gasteiger partial charge in [0, 0.05) is 32.0 Å². The zero-order valence-electron chi connectivity index (χ0n) is 9.92. The molecule has 90 valence electrons. The number of rotatable bonds is 4. The minimum absolute atomic E-state index is 0.0927. The summed E-state index contributed by atoms with van der Waals surface area (Å²) in [6.45, 7) is 6.36. The van der Waals surface area contributed by atoms with Crippen molar-refractivity contribution in [2.45, 2.75) is 32.4 Å². The van der Waals surface area contributed by atoms with Crippen molar-refractivity contribution in [1.29, 1.82) is 0 Å². The van der Waals surface area contributed by atoms with Gasteiger partial charge in [-0.3, -0.25) is 0 Å². The Morgan fingerprint density at radius 2 is 2.31 bits per heavy atom. The molecule has 0 radical (unpaired) electrons. The number of imidazole rings is 1. The van der Waals surface area contributed by atoms with Crippen LogP contribution in [0, 0.1) is 5.92 Å². The average Bonchev–Trinajstić information content (AvgIpc) is 2.76. The summed E-state index contributed by atoms with van der Waals surface area (Å²) >= 11 is 0. The molecule has 0 amide bonds. The Labute approximate surface area is 96.9 Å². The minimum Gasteiger partial charge on any atom is -0.393 e. The number of likely N-dealkylation sites (tertiary alicyclic amines) is 1. The summed E-state index contributed by atoms with van der Waals surface area (Å²) in [5.74, 6) is 0.419. The van der Waals surface area contributed by atoms with Gasteiger partial charge in [0.2, 0.25) is 0 Å². The predicted molar refractivity (Wildman–Crippen MR) is 63.1 cm³/mol. The summed E-state index contributed by atoms with van der Waals surface area (Å²) in [6, 6.07) is 0. The number of aliphatic hydroxyl groups is 1. The number of piperidine rings is 1. The number of aryl methyl sites for hydroxylation is 1. The Hall–Kier alpha value is -0.870. The van der Waals surface area contributed by atoms with Gasteiger partial charge in [0.05, 0.1) is 12.4 Å². The van der Waals surface area contributed by atoms with Gasteiger partial charge in [-0.2, -0.15) is 0 Å². The molecule has 0 bridgehead atoms. The maximum atomic E-state index is 9.63. The number of hydrogen-bond acceptors (Lipinski definition) is 3. The first-order valence-corrected chi connectivity index (χ1v) is 6.12. The standard InChI is InChI=1S/C12H21N3O/c1-11-9-14(7-3-12(11)16)5-2-6-15-8-4-13-10-15/h4,8,10-12,16H,2-3,5-7,9H2,1H3. The Bertz CT molecular complexity index is 299. The van der Waals surface area contributed by atoms with E-state index in [4.69, 9.17) is 0 Å². The molecule has 1 fully saturated rings. The lowest BCUT2D eigenvalue weighted by Gasteiger charge is -2.34. The van der Waals surface area contributed by atoms with E-state index in [1.54, 1.807) is 0 Å². The fourth-order valence-corrected chi connectivity index (χ4v) is 2.32. The molecule has 2 atom stereocenters. The molecule has 1 aromatic rings. The SMILES string of the molecule is CC1CN(CCCn2ccnc2)CCC1O. The highest BCUT2D eigenvalue weighted by Gasteiger charge is 2.23. The summed E-state index contributed by atoms with van der Waals surface area (Å²) < 4.78 is 2.11. The fourth-order valence-electron chi connectivity index (χ4n) is 2.32. The van der Waals surface area contributed by atoms with Crippen LogP contribution >= 0.6 is 0 Å². The summed E-state index contributed by atoms with van der Waals surface area (Å²) in [5.41, 5.74) is 0. The van der Waals surface area contributed by atoms with Crippen LogP contribution in [0.1, 0.15) is 19.8 Å². The van der Waals surface area contributed by atoms with Crippen LogP contribution in [0.4, 0.5) is 0 Å². The van der Waals surface area contributed by atoms with Crippen molar-refractivity contribution in [3.63, 3.8) is 0 Å². The van der Waals surface area contributed by atoms with E-state index in [1.165, 1.54) is 0 Å². The molecule has 1 saturated heterocycles. The second kappa shape index (κ2) is 5.46. The highest BCUT2D eigenvalue weighted by atomic mass is 16.3. The lowest BCUT2D eigenvalue weighted by Crippen LogP contribution is -2.42. The summed E-state index contributed by atoms with van der Waals surface area (Å²) in [6.07, 6.45) is 7.67. The second-order valence-electron chi connectivity index (χ2n) is 4.79. The largest absolute Gasteiger partial charge is 0.393 e. The lowest BCUT2D eigenvalue weighted by atomic mass is 9.97. The van der Waals surface area contributed by atoms with E-state index >= 15 is 0 Å². The van der Waals surface area contributed by atoms with Gasteiger partial charge in [0.25, 0.3) is 0 Å². The van der Waals surface area contributed by atoms with Gasteiger partial charge in [0.1, 0.15) is 0 Å². The monoisotopic (exact) mass is 223 g/mol. The average molecular weight is 223 g/mol. The molecule has 1 aliphatic rings. The van der Waals surface area contributed by atoms with Gasteiger partial charge in [-0.1, -0.05) is 6.92 Å². The Morgan fingerprint density at radius 1 is 1.44 bits per heavy atom. The Kier molecular flexibility index (Phi) is 3.96. The van der Waals surface area contributed by atoms with Crippen molar-refractivity contribution in [3.8, 4) is 0 Å². The van der Waals surface area contributed by atoms with Crippen LogP contribution in [0.15, 0.2) is 18.7 Å². The van der Waals surface area contributed by atoms with E-state index in [9.17, 15) is 5.11 Å². The quantitative estimate of drug-likeness (QED) is 0.827. The lowest BCUT2D eigenvalue weighted by molar-refractivity contribution is 0.0343. The van der Waals surface area contributed by atoms with Crippen molar-refractivity contribution < 1.29 is 5.11 Å². The third-order valence-corrected chi connectivity index (χ3v) is 3.39. The van der Waals surface area contributed by atoms with Crippen molar-refractivity contribution in [2.24, 2.45) is 5.92 Å². The first kappa shape index (κ1) is 11.6. The summed E-state index contributed by atoms with van der Waals surface area (Å²) in [7, 11) is 0. The molecule has 2 heterocycles. The highest BCUT2D eigenvalue weighted by Crippen LogP contribution is 2.16. The van der Waals surface area contributed by atoms with Crippen LogP contribution in [0.5, 0.6) is 0 Å². The van der Waals surface area contributed by atoms with Crippen LogP contribution in [0.2, 0.25) is 0 Å². The molecule has 2 unspecified atom stereocenters. The first-order valence-electron chi connectivity index (χ1n) is 6.12. The molecule has 0 saturated carbocycles. The number of aromatic nitrogens is 2. The third-order valence-electron chi connectivity index (χ3n) is 3.39. The molecule has 4 nitrogen and oxygen atoms in total. The maximum Gasteiger partial charge on any atom is 0.0945 e. The molecule has 1 N–H and O–H groups in total. The predicted octanol–water partition coefficient (Wildman–Crippen LogP) is 0.976. The maximum absolute atomic E-state index is 9.63. The zero-order chi connectivity index (χ0) is 11.4. The normalized spacial score (nSPS) is 27.1. The summed E-state index contributed by atoms with van der Waals surface area (Å²) in [5, 5.41) is 9.63. The molecule has 2 rings (SSSR count). The van der Waals surface area contributed by atoms with E-state index in [0.29, 0.717) is 5.92 Å². The second-order valence-corrected chi connectivity index (χ2v) is 4.79. The van der Waals surface area contributed by atoms with Gasteiger partial charge >= 0.3 is 0 Å². The Morgan fingerprint density at radius 3 is 3.00 bits per heavy atom. The van der Waals surface area contributed by atoms with Crippen LogP contribution in [-0.2, 0) is 6.54 Å². The van der Waals surface area contributed by atoms with Crippen molar-refractivity contribution in [3.05, 3.63) is 18.7 Å². The molecular formula is C12H21N3O. The highest BCUT2D eigenvalue weighted by molar-refractivity contribution is 4.78. The van der Waals surface area contributed by atoms with Gasteiger partial charge < -0.3 is 14.6 Å². The molecular weight excluding hydrogens is 202 g/mol. The van der Waals surface area contributed by atoms with Gasteiger partial charge in [0.15, 0.2) is 0 Å². The van der Waals surface area contributed by atoms with Crippen LogP contribution in [-0.4, -0.2) is 45.3 Å². The number of hydrogen-bond donors (Lipinski definition) is 1. The number of aliphatic hydroxyl groups excluding tert-OH is 1. The molecule has 4 heteroatoms. The molecule has 1 aliphatic heterocycles. The summed E-state index contributed by atoms with van der Waals surface area (Å²) in [4.78, 5) is 6.48. The molecule has 0 aliphatic carbocycles. The van der Waals surface area contributed by atoms with Crippen LogP contribution < -0.4 is 0 Å². The van der Waals surface area contributed by atoms with Gasteiger partial charge in [-0.25, -0.2) is 4.98 Å². The molecule has 0 spiro atoms. The van der Waals surface area contributed by atoms with E-state index in [2.05, 4.69) is 21.4 Å². The van der Waals surface area contributed by atoms with Crippen LogP contribution in [0.25, 0.3) is 0 Å². The fraction of sp³-hybridized carbons (Fsp3) is 0.750.